The van der Waals surface area contributed by atoms with Gasteiger partial charge in [-0.2, -0.15) is 0 Å². The number of hydrogen-bond acceptors (Lipinski definition) is 8. The van der Waals surface area contributed by atoms with Crippen LogP contribution in [0.4, 0.5) is 15.9 Å². The van der Waals surface area contributed by atoms with Crippen LogP contribution in [-0.4, -0.2) is 50.2 Å². The van der Waals surface area contributed by atoms with Gasteiger partial charge < -0.3 is 15.8 Å². The Balaban J connectivity index is 2.07. The molecule has 27 heavy (non-hydrogen) atoms. The van der Waals surface area contributed by atoms with E-state index in [4.69, 9.17) is 4.63 Å². The molecule has 3 N–H and O–H groups in total. The van der Waals surface area contributed by atoms with Gasteiger partial charge >= 0.3 is 0 Å². The molecule has 0 amide bonds. The lowest BCUT2D eigenvalue weighted by atomic mass is 10.3. The van der Waals surface area contributed by atoms with Gasteiger partial charge in [0.1, 0.15) is 5.82 Å². The molecule has 2 rings (SSSR count). The molecule has 0 aliphatic heterocycles. The average Bonchev–Trinajstić information content (AvgIpc) is 3.14. The molecule has 0 saturated heterocycles. The third-order valence-electron chi connectivity index (χ3n) is 3.63. The molecule has 0 saturated carbocycles. The summed E-state index contributed by atoms with van der Waals surface area (Å²) in [7, 11) is -2.17. The minimum atomic E-state index is -2.17. The molecule has 0 unspecified atom stereocenters. The summed E-state index contributed by atoms with van der Waals surface area (Å²) in [4.78, 5) is 0. The minimum absolute atomic E-state index is 0.0416. The predicted molar refractivity (Wildman–Crippen MR) is 105 cm³/mol. The van der Waals surface area contributed by atoms with E-state index in [1.54, 1.807) is 0 Å². The Kier molecular flexibility index (Phi) is 7.54. The predicted octanol–water partition coefficient (Wildman–Crippen LogP) is 3.14. The lowest BCUT2D eigenvalue weighted by Gasteiger charge is -2.08. The summed E-state index contributed by atoms with van der Waals surface area (Å²) in [6, 6.07) is 4.20. The number of benzene rings is 1. The fourth-order valence-corrected chi connectivity index (χ4v) is 3.65. The van der Waals surface area contributed by atoms with Gasteiger partial charge in [0, 0.05) is 33.5 Å². The zero-order valence-corrected chi connectivity index (χ0v) is 17.2. The lowest BCUT2D eigenvalue weighted by Crippen LogP contribution is -2.18. The van der Waals surface area contributed by atoms with Crippen molar-refractivity contribution in [1.82, 2.24) is 10.3 Å². The van der Waals surface area contributed by atoms with Crippen molar-refractivity contribution in [3.8, 4) is 0 Å². The number of rotatable bonds is 8. The van der Waals surface area contributed by atoms with Crippen LogP contribution in [0.1, 0.15) is 19.5 Å². The second-order valence-electron chi connectivity index (χ2n) is 5.29. The van der Waals surface area contributed by atoms with Crippen molar-refractivity contribution in [3.63, 3.8) is 0 Å². The van der Waals surface area contributed by atoms with Crippen molar-refractivity contribution < 1.29 is 18.4 Å². The summed E-state index contributed by atoms with van der Waals surface area (Å²) >= 11 is 3.08. The van der Waals surface area contributed by atoms with Crippen molar-refractivity contribution in [2.24, 2.45) is 9.52 Å². The summed E-state index contributed by atoms with van der Waals surface area (Å²) in [6.45, 7) is 4.34. The molecule has 148 valence electrons. The van der Waals surface area contributed by atoms with Gasteiger partial charge in [0.05, 0.1) is 11.0 Å². The van der Waals surface area contributed by atoms with Gasteiger partial charge in [-0.25, -0.2) is 17.6 Å². The van der Waals surface area contributed by atoms with Crippen LogP contribution in [0, 0.1) is 5.82 Å². The maximum atomic E-state index is 13.3. The largest absolute Gasteiger partial charge is 0.409 e. The second kappa shape index (κ2) is 9.65. The molecule has 1 aromatic carbocycles. The van der Waals surface area contributed by atoms with Crippen LogP contribution in [0.2, 0.25) is 0 Å². The lowest BCUT2D eigenvalue weighted by molar-refractivity contribution is 0.305. The van der Waals surface area contributed by atoms with Gasteiger partial charge in [-0.3, -0.25) is 0 Å². The third-order valence-corrected chi connectivity index (χ3v) is 6.69. The van der Waals surface area contributed by atoms with Gasteiger partial charge in [-0.15, -0.1) is 0 Å². The summed E-state index contributed by atoms with van der Waals surface area (Å²) < 4.78 is 34.7. The molecule has 1 aromatic heterocycles. The molecule has 12 heteroatoms. The fourth-order valence-electron chi connectivity index (χ4n) is 2.08. The molecule has 0 aliphatic carbocycles. The molecule has 0 fully saturated rings. The number of amidine groups is 1. The number of anilines is 2. The molecular formula is C15H20BrFN6O3S. The van der Waals surface area contributed by atoms with E-state index in [0.717, 1.165) is 0 Å². The van der Waals surface area contributed by atoms with E-state index in [9.17, 15) is 13.8 Å². The summed E-state index contributed by atoms with van der Waals surface area (Å²) in [5.74, 6) is 0.761. The van der Waals surface area contributed by atoms with E-state index < -0.39 is 15.5 Å². The van der Waals surface area contributed by atoms with Gasteiger partial charge in [0.2, 0.25) is 11.7 Å². The molecule has 0 bridgehead atoms. The highest BCUT2D eigenvalue weighted by Gasteiger charge is 2.18. The normalized spacial score (nSPS) is 12.1. The first-order valence-electron chi connectivity index (χ1n) is 8.11. The highest BCUT2D eigenvalue weighted by molar-refractivity contribution is 9.10. The van der Waals surface area contributed by atoms with Gasteiger partial charge in [0.25, 0.3) is 0 Å². The molecule has 0 aliphatic rings. The van der Waals surface area contributed by atoms with Crippen LogP contribution in [0.5, 0.6) is 0 Å². The van der Waals surface area contributed by atoms with Crippen LogP contribution < -0.4 is 10.6 Å². The Morgan fingerprint density at radius 3 is 2.74 bits per heavy atom. The van der Waals surface area contributed by atoms with E-state index in [1.165, 1.54) is 18.2 Å². The number of nitrogens with zero attached hydrogens (tertiary/aromatic N) is 4. The van der Waals surface area contributed by atoms with E-state index in [0.29, 0.717) is 30.3 Å². The smallest absolute Gasteiger partial charge is 0.203 e. The summed E-state index contributed by atoms with van der Waals surface area (Å²) in [5.41, 5.74) is 0.593. The maximum absolute atomic E-state index is 13.3. The molecule has 0 spiro atoms. The molecule has 0 radical (unpaired) electrons. The van der Waals surface area contributed by atoms with Crippen LogP contribution in [0.15, 0.2) is 36.8 Å². The van der Waals surface area contributed by atoms with Gasteiger partial charge in [0.15, 0.2) is 5.69 Å². The molecule has 0 atom stereocenters. The molecule has 2 aromatic rings. The minimum Gasteiger partial charge on any atom is -0.409 e. The standard InChI is InChI=1S/C15H20BrFN6O3S/c1-3-27(25,4-2)19-8-7-18-14-13(22-26-23-14)15(21-24)20-10-5-6-12(17)11(16)9-10/h5-6,9,24H,3-4,7-8H2,1-2H3,(H,18,23)(H,20,21). The van der Waals surface area contributed by atoms with Crippen molar-refractivity contribution in [3.05, 3.63) is 34.2 Å². The van der Waals surface area contributed by atoms with Gasteiger partial charge in [-0.1, -0.05) is 19.0 Å². The summed E-state index contributed by atoms with van der Waals surface area (Å²) in [5, 5.41) is 25.6. The number of nitrogens with one attached hydrogen (secondary N) is 2. The van der Waals surface area contributed by atoms with Crippen LogP contribution >= 0.6 is 15.9 Å². The Bertz CT molecular complexity index is 916. The van der Waals surface area contributed by atoms with Crippen molar-refractivity contribution >= 4 is 43.0 Å². The van der Waals surface area contributed by atoms with Crippen LogP contribution in [0.3, 0.4) is 0 Å². The van der Waals surface area contributed by atoms with Crippen molar-refractivity contribution in [1.29, 1.82) is 0 Å². The quantitative estimate of drug-likeness (QED) is 0.181. The van der Waals surface area contributed by atoms with Crippen molar-refractivity contribution in [2.75, 3.05) is 35.2 Å². The number of oxime groups is 1. The highest BCUT2D eigenvalue weighted by Crippen LogP contribution is 2.21. The Hall–Kier alpha value is -2.21. The van der Waals surface area contributed by atoms with Crippen LogP contribution in [0.25, 0.3) is 0 Å². The van der Waals surface area contributed by atoms with E-state index in [-0.39, 0.29) is 21.8 Å². The maximum Gasteiger partial charge on any atom is 0.203 e. The monoisotopic (exact) mass is 462 g/mol. The van der Waals surface area contributed by atoms with E-state index in [2.05, 4.69) is 46.4 Å². The van der Waals surface area contributed by atoms with E-state index >= 15 is 0 Å². The Labute approximate surface area is 164 Å². The summed E-state index contributed by atoms with van der Waals surface area (Å²) in [6.07, 6.45) is 0. The Morgan fingerprint density at radius 1 is 1.37 bits per heavy atom. The first kappa shape index (κ1) is 21.1. The first-order chi connectivity index (χ1) is 12.9. The zero-order valence-electron chi connectivity index (χ0n) is 14.8. The number of aromatic nitrogens is 2. The molecule has 1 heterocycles. The number of hydrogen-bond donors (Lipinski definition) is 3. The first-order valence-corrected chi connectivity index (χ1v) is 10.8. The zero-order chi connectivity index (χ0) is 19.9. The average molecular weight is 463 g/mol. The Morgan fingerprint density at radius 2 is 2.11 bits per heavy atom. The van der Waals surface area contributed by atoms with E-state index in [1.807, 2.05) is 13.8 Å². The molecular weight excluding hydrogens is 443 g/mol. The van der Waals surface area contributed by atoms with Crippen LogP contribution in [-0.2, 0) is 9.73 Å². The topological polar surface area (TPSA) is 125 Å². The number of halogens is 2. The molecule has 9 nitrogen and oxygen atoms in total. The van der Waals surface area contributed by atoms with Gasteiger partial charge in [-0.05, 0) is 44.4 Å². The third kappa shape index (κ3) is 5.63. The fraction of sp³-hybridized carbons (Fsp3) is 0.400. The highest BCUT2D eigenvalue weighted by atomic mass is 79.9. The SMILES string of the molecule is CCS(=O)(CC)=NCCNc1nonc1/C(=N/O)Nc1ccc(F)c(Br)c1. The second-order valence-corrected chi connectivity index (χ2v) is 9.11. The van der Waals surface area contributed by atoms with Crippen molar-refractivity contribution in [2.45, 2.75) is 13.8 Å².